The third-order valence-corrected chi connectivity index (χ3v) is 12.7. The van der Waals surface area contributed by atoms with E-state index in [1.807, 2.05) is 0 Å². The van der Waals surface area contributed by atoms with Crippen LogP contribution in [0.15, 0.2) is 37.5 Å². The topological polar surface area (TPSA) is 105 Å². The molecule has 1 aromatic carbocycles. The number of carbonyl (C=O) groups is 4. The number of amides is 3. The molecule has 1 saturated heterocycles. The van der Waals surface area contributed by atoms with Crippen LogP contribution in [-0.4, -0.2) is 78.2 Å². The van der Waals surface area contributed by atoms with Gasteiger partial charge < -0.3 is 0 Å². The molecule has 37 heavy (non-hydrogen) atoms. The van der Waals surface area contributed by atoms with Gasteiger partial charge in [-0.1, -0.05) is 11.6 Å². The zero-order valence-corrected chi connectivity index (χ0v) is 25.1. The van der Waals surface area contributed by atoms with Crippen LogP contribution in [0.25, 0.3) is 0 Å². The SMILES string of the molecule is C[C](=O)[In]1[CH]=CC(C(NC(=O)OC(C)(C)C)C(=O)N2C[C@H](F)C[C@H]2C(=O)NCc2cccc(Cl)c2F)=[CH]1. The van der Waals surface area contributed by atoms with Gasteiger partial charge >= 0.3 is 210 Å². The molecule has 1 fully saturated rings. The first-order valence-electron chi connectivity index (χ1n) is 11.8. The summed E-state index contributed by atoms with van der Waals surface area (Å²) in [5.74, 6) is -2.05. The molecule has 0 aromatic heterocycles. The van der Waals surface area contributed by atoms with Gasteiger partial charge in [-0.3, -0.25) is 0 Å². The number of benzene rings is 1. The Morgan fingerprint density at radius 3 is 2.59 bits per heavy atom. The number of rotatable bonds is 7. The normalized spacial score (nSPS) is 19.9. The molecule has 2 N–H and O–H groups in total. The molecular formula is C25H29ClF2InN3O5. The van der Waals surface area contributed by atoms with Crippen LogP contribution in [0.2, 0.25) is 5.02 Å². The molecule has 3 rings (SSSR count). The van der Waals surface area contributed by atoms with Crippen molar-refractivity contribution in [3.8, 4) is 0 Å². The maximum atomic E-state index is 14.5. The van der Waals surface area contributed by atoms with Crippen LogP contribution in [0, 0.1) is 5.82 Å². The number of ether oxygens (including phenoxy) is 1. The van der Waals surface area contributed by atoms with E-state index >= 15 is 0 Å². The van der Waals surface area contributed by atoms with Crippen LogP contribution in [-0.2, 0) is 25.7 Å². The summed E-state index contributed by atoms with van der Waals surface area (Å²) < 4.78 is 37.6. The van der Waals surface area contributed by atoms with Gasteiger partial charge in [0.2, 0.25) is 0 Å². The number of hydrogen-bond donors (Lipinski definition) is 2. The first kappa shape index (κ1) is 29.2. The molecule has 8 nitrogen and oxygen atoms in total. The van der Waals surface area contributed by atoms with Crippen LogP contribution >= 0.6 is 11.6 Å². The van der Waals surface area contributed by atoms with E-state index in [4.69, 9.17) is 16.3 Å². The Labute approximate surface area is 227 Å². The van der Waals surface area contributed by atoms with Crippen molar-refractivity contribution in [1.29, 1.82) is 0 Å². The summed E-state index contributed by atoms with van der Waals surface area (Å²) in [5, 5.41) is 4.97. The summed E-state index contributed by atoms with van der Waals surface area (Å²) in [7, 11) is 0. The molecule has 2 aliphatic rings. The minimum atomic E-state index is -2.85. The van der Waals surface area contributed by atoms with Crippen LogP contribution in [0.5, 0.6) is 0 Å². The second-order valence-electron chi connectivity index (χ2n) is 10.0. The van der Waals surface area contributed by atoms with E-state index in [2.05, 4.69) is 10.6 Å². The van der Waals surface area contributed by atoms with E-state index in [-0.39, 0.29) is 33.6 Å². The van der Waals surface area contributed by atoms with Crippen LogP contribution in [0.4, 0.5) is 13.6 Å². The maximum absolute atomic E-state index is 14.5. The van der Waals surface area contributed by atoms with Gasteiger partial charge in [0.1, 0.15) is 0 Å². The van der Waals surface area contributed by atoms with Crippen molar-refractivity contribution in [3.05, 3.63) is 53.9 Å². The molecule has 0 spiro atoms. The van der Waals surface area contributed by atoms with E-state index < -0.39 is 69.0 Å². The standard InChI is InChI=1S/C23H26ClF2N3O4.C2H3O.In/c1-6-13(2)19(28-22(32)33-23(3,4)5)21(31)29-12-15(25)10-17(29)20(30)27-11-14-8-7-9-16(24)18(14)26;1-2-3;/h1-2,6-9,15,17,19H,10-12H2,3-5H3,(H,27,30)(H,28,32);1H3;/t15-,17+,19?;;/m1../s1. The van der Waals surface area contributed by atoms with Crippen molar-refractivity contribution < 1.29 is 32.7 Å². The molecular weight excluding hydrogens is 611 g/mol. The fraction of sp³-hybridized carbons (Fsp3) is 0.440. The van der Waals surface area contributed by atoms with Gasteiger partial charge in [0, 0.05) is 0 Å². The number of likely N-dealkylation sites (tertiary alicyclic amines) is 1. The van der Waals surface area contributed by atoms with Crippen molar-refractivity contribution in [2.75, 3.05) is 6.54 Å². The Balaban J connectivity index is 1.81. The number of carbonyl (C=O) groups excluding carboxylic acids is 4. The predicted octanol–water partition coefficient (Wildman–Crippen LogP) is 3.13. The molecule has 0 saturated carbocycles. The zero-order valence-electron chi connectivity index (χ0n) is 21.0. The third-order valence-electron chi connectivity index (χ3n) is 5.90. The monoisotopic (exact) mass is 639 g/mol. The van der Waals surface area contributed by atoms with E-state index in [0.717, 1.165) is 4.90 Å². The number of halogens is 3. The van der Waals surface area contributed by atoms with Crippen molar-refractivity contribution in [2.24, 2.45) is 0 Å². The zero-order chi connectivity index (χ0) is 27.5. The van der Waals surface area contributed by atoms with Gasteiger partial charge in [-0.15, -0.1) is 0 Å². The average molecular weight is 640 g/mol. The first-order chi connectivity index (χ1) is 17.3. The van der Waals surface area contributed by atoms with Crippen LogP contribution in [0.3, 0.4) is 0 Å². The Bertz CT molecular complexity index is 1150. The Hall–Kier alpha value is -2.40. The molecule has 2 heterocycles. The predicted molar refractivity (Wildman–Crippen MR) is 135 cm³/mol. The Morgan fingerprint density at radius 2 is 1.97 bits per heavy atom. The third kappa shape index (κ3) is 7.56. The number of nitrogens with zero attached hydrogens (tertiary/aromatic N) is 1. The second-order valence-corrected chi connectivity index (χ2v) is 17.8. The van der Waals surface area contributed by atoms with Crippen molar-refractivity contribution in [1.82, 2.24) is 15.5 Å². The number of hydrogen-bond acceptors (Lipinski definition) is 5. The minimum absolute atomic E-state index is 0.0482. The van der Waals surface area contributed by atoms with E-state index in [9.17, 15) is 28.0 Å². The second kappa shape index (κ2) is 12.0. The van der Waals surface area contributed by atoms with Gasteiger partial charge in [-0.25, -0.2) is 0 Å². The summed E-state index contributed by atoms with van der Waals surface area (Å²) in [6, 6.07) is 1.92. The summed E-state index contributed by atoms with van der Waals surface area (Å²) in [6.07, 6.45) is -0.960. The molecule has 2 aliphatic heterocycles. The summed E-state index contributed by atoms with van der Waals surface area (Å²) >= 11 is 2.94. The number of alkyl halides is 1. The summed E-state index contributed by atoms with van der Waals surface area (Å²) in [6.45, 7) is 5.92. The van der Waals surface area contributed by atoms with Gasteiger partial charge in [-0.2, -0.15) is 0 Å². The van der Waals surface area contributed by atoms with Gasteiger partial charge in [-0.05, 0) is 6.07 Å². The fourth-order valence-electron chi connectivity index (χ4n) is 4.12. The molecule has 0 bridgehead atoms. The molecule has 0 aliphatic carbocycles. The molecule has 3 amide bonds. The summed E-state index contributed by atoms with van der Waals surface area (Å²) in [4.78, 5) is 52.2. The molecule has 12 heteroatoms. The van der Waals surface area contributed by atoms with Gasteiger partial charge in [0.25, 0.3) is 0 Å². The van der Waals surface area contributed by atoms with Crippen LogP contribution in [0.1, 0.15) is 39.7 Å². The fourth-order valence-corrected chi connectivity index (χ4v) is 9.35. The van der Waals surface area contributed by atoms with Crippen LogP contribution < -0.4 is 10.6 Å². The van der Waals surface area contributed by atoms with Crippen molar-refractivity contribution in [2.45, 2.75) is 64.5 Å². The van der Waals surface area contributed by atoms with Crippen molar-refractivity contribution in [3.63, 3.8) is 0 Å². The molecule has 3 atom stereocenters. The quantitative estimate of drug-likeness (QED) is 0.477. The first-order valence-corrected chi connectivity index (χ1v) is 17.6. The van der Waals surface area contributed by atoms with Crippen molar-refractivity contribution >= 4 is 54.5 Å². The van der Waals surface area contributed by atoms with E-state index in [0.29, 0.717) is 5.57 Å². The summed E-state index contributed by atoms with van der Waals surface area (Å²) in [5.41, 5.74) is -0.287. The Kier molecular flexibility index (Phi) is 9.44. The van der Waals surface area contributed by atoms with E-state index in [1.165, 1.54) is 25.1 Å². The number of nitrogens with one attached hydrogen (secondary N) is 2. The van der Waals surface area contributed by atoms with Gasteiger partial charge in [0.15, 0.2) is 0 Å². The molecule has 1 unspecified atom stereocenters. The van der Waals surface area contributed by atoms with E-state index in [1.54, 1.807) is 34.5 Å². The number of alkyl carbamates (subject to hydrolysis) is 1. The Morgan fingerprint density at radius 1 is 1.27 bits per heavy atom. The van der Waals surface area contributed by atoms with Gasteiger partial charge in [0.05, 0.1) is 0 Å². The molecule has 0 radical (unpaired) electrons. The molecule has 1 aromatic rings. The average Bonchev–Trinajstić information content (AvgIpc) is 3.44. The molecule has 198 valence electrons.